The molecule has 1 aromatic rings. The number of rotatable bonds is 4. The smallest absolute Gasteiger partial charge is 0.0957 e. The highest BCUT2D eigenvalue weighted by Crippen LogP contribution is 2.26. The minimum Gasteiger partial charge on any atom is -0.387 e. The number of likely N-dealkylation sites (N-methyl/N-ethyl adjacent to an activating group) is 1. The average Bonchev–Trinajstić information content (AvgIpc) is 2.80. The van der Waals surface area contributed by atoms with Crippen molar-refractivity contribution in [3.63, 3.8) is 0 Å². The highest BCUT2D eigenvalue weighted by Gasteiger charge is 2.31. The van der Waals surface area contributed by atoms with Crippen LogP contribution in [-0.4, -0.2) is 48.2 Å². The van der Waals surface area contributed by atoms with E-state index in [0.29, 0.717) is 18.4 Å². The molecule has 4 heteroatoms. The second-order valence-electron chi connectivity index (χ2n) is 5.78. The maximum Gasteiger partial charge on any atom is 0.0957 e. The van der Waals surface area contributed by atoms with Gasteiger partial charge in [0.05, 0.1) is 23.7 Å². The molecule has 1 aromatic heterocycles. The predicted molar refractivity (Wildman–Crippen MR) is 78.3 cm³/mol. The van der Waals surface area contributed by atoms with E-state index in [-0.39, 0.29) is 0 Å². The number of pyridine rings is 1. The number of anilines is 1. The second-order valence-corrected chi connectivity index (χ2v) is 5.78. The topological polar surface area (TPSA) is 39.6 Å². The van der Waals surface area contributed by atoms with Crippen molar-refractivity contribution >= 4 is 5.69 Å². The Balaban J connectivity index is 2.07. The van der Waals surface area contributed by atoms with Crippen LogP contribution in [0.25, 0.3) is 0 Å². The Labute approximate surface area is 116 Å². The summed E-state index contributed by atoms with van der Waals surface area (Å²) in [4.78, 5) is 9.06. The first kappa shape index (κ1) is 14.3. The van der Waals surface area contributed by atoms with Gasteiger partial charge in [0.1, 0.15) is 0 Å². The van der Waals surface area contributed by atoms with Gasteiger partial charge in [0.2, 0.25) is 0 Å². The Morgan fingerprint density at radius 1 is 1.42 bits per heavy atom. The molecule has 1 N–H and O–H groups in total. The van der Waals surface area contributed by atoms with Gasteiger partial charge in [-0.2, -0.15) is 0 Å². The molecular weight excluding hydrogens is 238 g/mol. The summed E-state index contributed by atoms with van der Waals surface area (Å²) in [6.07, 6.45) is 2.15. The van der Waals surface area contributed by atoms with Crippen molar-refractivity contribution in [2.45, 2.75) is 32.4 Å². The zero-order valence-corrected chi connectivity index (χ0v) is 12.4. The molecule has 19 heavy (non-hydrogen) atoms. The van der Waals surface area contributed by atoms with Crippen LogP contribution in [0.15, 0.2) is 18.3 Å². The summed E-state index contributed by atoms with van der Waals surface area (Å²) in [6.45, 7) is 6.38. The van der Waals surface area contributed by atoms with Crippen molar-refractivity contribution in [2.24, 2.45) is 5.92 Å². The van der Waals surface area contributed by atoms with E-state index in [1.165, 1.54) is 0 Å². The van der Waals surface area contributed by atoms with Gasteiger partial charge >= 0.3 is 0 Å². The molecule has 106 valence electrons. The van der Waals surface area contributed by atoms with Crippen molar-refractivity contribution < 1.29 is 5.11 Å². The van der Waals surface area contributed by atoms with Crippen LogP contribution in [0.5, 0.6) is 0 Å². The van der Waals surface area contributed by atoms with E-state index < -0.39 is 6.10 Å². The van der Waals surface area contributed by atoms with Gasteiger partial charge in [-0.05, 0) is 38.6 Å². The average molecular weight is 263 g/mol. The van der Waals surface area contributed by atoms with Gasteiger partial charge in [0.15, 0.2) is 0 Å². The number of aliphatic hydroxyl groups excluding tert-OH is 1. The van der Waals surface area contributed by atoms with Gasteiger partial charge in [-0.3, -0.25) is 4.98 Å². The van der Waals surface area contributed by atoms with Crippen molar-refractivity contribution in [2.75, 3.05) is 32.1 Å². The first-order valence-electron chi connectivity index (χ1n) is 7.08. The fourth-order valence-corrected chi connectivity index (χ4v) is 2.82. The Bertz CT molecular complexity index is 404. The standard InChI is InChI=1S/C15H25N3O/c1-5-15(19)13-7-6-12(8-16-13)18-9-11(2)14(10-18)17(3)4/h6-8,11,14-15,19H,5,9-10H2,1-4H3/t11?,14?,15-/m1/s1. The molecule has 0 aromatic carbocycles. The summed E-state index contributed by atoms with van der Waals surface area (Å²) in [5, 5.41) is 9.76. The zero-order chi connectivity index (χ0) is 14.0. The van der Waals surface area contributed by atoms with Gasteiger partial charge in [0.25, 0.3) is 0 Å². The van der Waals surface area contributed by atoms with Crippen LogP contribution >= 0.6 is 0 Å². The number of hydrogen-bond acceptors (Lipinski definition) is 4. The lowest BCUT2D eigenvalue weighted by molar-refractivity contribution is 0.169. The number of aromatic nitrogens is 1. The van der Waals surface area contributed by atoms with Crippen molar-refractivity contribution in [3.05, 3.63) is 24.0 Å². The lowest BCUT2D eigenvalue weighted by Gasteiger charge is -2.23. The van der Waals surface area contributed by atoms with Crippen LogP contribution in [0.2, 0.25) is 0 Å². The van der Waals surface area contributed by atoms with Crippen LogP contribution in [-0.2, 0) is 0 Å². The molecule has 0 bridgehead atoms. The third kappa shape index (κ3) is 3.07. The molecule has 2 heterocycles. The minimum absolute atomic E-state index is 0.443. The summed E-state index contributed by atoms with van der Waals surface area (Å²) in [7, 11) is 4.28. The maximum absolute atomic E-state index is 9.76. The SMILES string of the molecule is CC[C@@H](O)c1ccc(N2CC(C)C(N(C)C)C2)cn1. The van der Waals surface area contributed by atoms with E-state index in [1.807, 2.05) is 19.2 Å². The van der Waals surface area contributed by atoms with Gasteiger partial charge < -0.3 is 14.9 Å². The molecule has 0 saturated carbocycles. The Morgan fingerprint density at radius 3 is 2.63 bits per heavy atom. The van der Waals surface area contributed by atoms with E-state index in [2.05, 4.69) is 41.9 Å². The molecule has 0 spiro atoms. The fraction of sp³-hybridized carbons (Fsp3) is 0.667. The van der Waals surface area contributed by atoms with Crippen LogP contribution in [0.1, 0.15) is 32.1 Å². The first-order chi connectivity index (χ1) is 9.02. The van der Waals surface area contributed by atoms with Crippen LogP contribution < -0.4 is 4.90 Å². The molecule has 0 aliphatic carbocycles. The summed E-state index contributed by atoms with van der Waals surface area (Å²) in [5.74, 6) is 0.663. The van der Waals surface area contributed by atoms with E-state index in [9.17, 15) is 5.11 Å². The second kappa shape index (κ2) is 5.88. The lowest BCUT2D eigenvalue weighted by atomic mass is 10.1. The van der Waals surface area contributed by atoms with Crippen LogP contribution in [0, 0.1) is 5.92 Å². The monoisotopic (exact) mass is 263 g/mol. The summed E-state index contributed by atoms with van der Waals surface area (Å²) in [5.41, 5.74) is 1.92. The molecule has 1 saturated heterocycles. The van der Waals surface area contributed by atoms with E-state index in [0.717, 1.165) is 24.5 Å². The van der Waals surface area contributed by atoms with Gasteiger partial charge in [0, 0.05) is 19.1 Å². The first-order valence-corrected chi connectivity index (χ1v) is 7.08. The Hall–Kier alpha value is -1.13. The van der Waals surface area contributed by atoms with Gasteiger partial charge in [-0.25, -0.2) is 0 Å². The normalized spacial score (nSPS) is 25.1. The quantitative estimate of drug-likeness (QED) is 0.901. The number of nitrogens with zero attached hydrogens (tertiary/aromatic N) is 3. The molecule has 0 amide bonds. The third-order valence-electron chi connectivity index (χ3n) is 4.10. The predicted octanol–water partition coefficient (Wildman–Crippen LogP) is 1.91. The van der Waals surface area contributed by atoms with Crippen molar-refractivity contribution in [1.29, 1.82) is 0 Å². The van der Waals surface area contributed by atoms with E-state index >= 15 is 0 Å². The molecule has 4 nitrogen and oxygen atoms in total. The lowest BCUT2D eigenvalue weighted by Crippen LogP contribution is -2.34. The Kier molecular flexibility index (Phi) is 4.42. The highest BCUT2D eigenvalue weighted by atomic mass is 16.3. The van der Waals surface area contributed by atoms with Crippen molar-refractivity contribution in [3.8, 4) is 0 Å². The molecule has 0 radical (unpaired) electrons. The highest BCUT2D eigenvalue weighted by molar-refractivity contribution is 5.46. The molecule has 1 aliphatic rings. The van der Waals surface area contributed by atoms with Crippen LogP contribution in [0.4, 0.5) is 5.69 Å². The molecule has 1 fully saturated rings. The number of hydrogen-bond donors (Lipinski definition) is 1. The maximum atomic E-state index is 9.76. The fourth-order valence-electron chi connectivity index (χ4n) is 2.82. The van der Waals surface area contributed by atoms with E-state index in [1.54, 1.807) is 0 Å². The van der Waals surface area contributed by atoms with E-state index in [4.69, 9.17) is 0 Å². The van der Waals surface area contributed by atoms with Crippen LogP contribution in [0.3, 0.4) is 0 Å². The zero-order valence-electron chi connectivity index (χ0n) is 12.4. The van der Waals surface area contributed by atoms with Gasteiger partial charge in [-0.15, -0.1) is 0 Å². The minimum atomic E-state index is -0.443. The summed E-state index contributed by atoms with van der Waals surface area (Å²) in [6, 6.07) is 4.62. The molecule has 2 unspecified atom stereocenters. The largest absolute Gasteiger partial charge is 0.387 e. The van der Waals surface area contributed by atoms with Crippen molar-refractivity contribution in [1.82, 2.24) is 9.88 Å². The summed E-state index contributed by atoms with van der Waals surface area (Å²) >= 11 is 0. The van der Waals surface area contributed by atoms with Gasteiger partial charge in [-0.1, -0.05) is 13.8 Å². The molecule has 1 aliphatic heterocycles. The third-order valence-corrected chi connectivity index (χ3v) is 4.10. The molecule has 3 atom stereocenters. The summed E-state index contributed by atoms with van der Waals surface area (Å²) < 4.78 is 0. The molecule has 2 rings (SSSR count). The molecular formula is C15H25N3O. The number of aliphatic hydroxyl groups is 1. The Morgan fingerprint density at radius 2 is 2.16 bits per heavy atom.